The number of fused-ring (bicyclic) bond motifs is 2. The highest BCUT2D eigenvalue weighted by Crippen LogP contribution is 2.39. The van der Waals surface area contributed by atoms with Gasteiger partial charge in [0, 0.05) is 24.0 Å². The fraction of sp³-hybridized carbons (Fsp3) is 0.375. The van der Waals surface area contributed by atoms with E-state index in [4.69, 9.17) is 4.74 Å². The summed E-state index contributed by atoms with van der Waals surface area (Å²) < 4.78 is 33.8. The van der Waals surface area contributed by atoms with Crippen molar-refractivity contribution in [3.63, 3.8) is 0 Å². The first kappa shape index (κ1) is 13.2. The summed E-state index contributed by atoms with van der Waals surface area (Å²) in [6, 6.07) is 13.0. The highest BCUT2D eigenvalue weighted by Gasteiger charge is 2.46. The van der Waals surface area contributed by atoms with Crippen molar-refractivity contribution in [1.82, 2.24) is 4.72 Å². The van der Waals surface area contributed by atoms with Gasteiger partial charge in [0.25, 0.3) is 0 Å². The molecule has 4 rings (SSSR count). The van der Waals surface area contributed by atoms with Crippen LogP contribution in [0.25, 0.3) is 10.8 Å². The lowest BCUT2D eigenvalue weighted by Gasteiger charge is -2.39. The van der Waals surface area contributed by atoms with Gasteiger partial charge in [-0.2, -0.15) is 0 Å². The smallest absolute Gasteiger partial charge is 0.241 e. The summed E-state index contributed by atoms with van der Waals surface area (Å²) in [6.45, 7) is 0.752. The Balaban J connectivity index is 1.67. The van der Waals surface area contributed by atoms with Gasteiger partial charge in [0.15, 0.2) is 0 Å². The molecule has 1 heterocycles. The van der Waals surface area contributed by atoms with Crippen LogP contribution < -0.4 is 4.72 Å². The molecule has 2 aromatic carbocycles. The maximum absolute atomic E-state index is 12.7. The number of nitrogens with one attached hydrogen (secondary N) is 1. The Morgan fingerprint density at radius 3 is 2.76 bits per heavy atom. The van der Waals surface area contributed by atoms with E-state index in [2.05, 4.69) is 4.72 Å². The Bertz CT molecular complexity index is 782. The zero-order valence-electron chi connectivity index (χ0n) is 11.5. The Kier molecular flexibility index (Phi) is 3.03. The molecule has 2 aliphatic rings. The molecule has 5 heteroatoms. The van der Waals surface area contributed by atoms with Gasteiger partial charge in [-0.15, -0.1) is 0 Å². The molecule has 0 aromatic heterocycles. The predicted octanol–water partition coefficient (Wildman–Crippen LogP) is 2.30. The molecule has 1 saturated carbocycles. The van der Waals surface area contributed by atoms with Crippen LogP contribution in [-0.4, -0.2) is 27.2 Å². The van der Waals surface area contributed by atoms with Crippen molar-refractivity contribution in [1.29, 1.82) is 0 Å². The lowest BCUT2D eigenvalue weighted by Crippen LogP contribution is -2.53. The lowest BCUT2D eigenvalue weighted by molar-refractivity contribution is 0.0143. The zero-order chi connectivity index (χ0) is 14.4. The van der Waals surface area contributed by atoms with E-state index in [1.807, 2.05) is 30.3 Å². The second kappa shape index (κ2) is 4.80. The fourth-order valence-electron chi connectivity index (χ4n) is 3.43. The van der Waals surface area contributed by atoms with Crippen LogP contribution in [0.3, 0.4) is 0 Å². The van der Waals surface area contributed by atoms with Gasteiger partial charge in [-0.25, -0.2) is 13.1 Å². The van der Waals surface area contributed by atoms with Crippen molar-refractivity contribution >= 4 is 20.8 Å². The largest absolute Gasteiger partial charge is 0.378 e. The maximum atomic E-state index is 12.7. The van der Waals surface area contributed by atoms with Crippen molar-refractivity contribution in [2.45, 2.75) is 29.9 Å². The molecular formula is C16H17NO3S. The van der Waals surface area contributed by atoms with Crippen LogP contribution in [0.15, 0.2) is 47.4 Å². The van der Waals surface area contributed by atoms with E-state index in [9.17, 15) is 8.42 Å². The van der Waals surface area contributed by atoms with Crippen molar-refractivity contribution in [3.8, 4) is 0 Å². The highest BCUT2D eigenvalue weighted by molar-refractivity contribution is 7.89. The van der Waals surface area contributed by atoms with E-state index in [0.29, 0.717) is 10.8 Å². The van der Waals surface area contributed by atoms with Gasteiger partial charge in [0.05, 0.1) is 11.0 Å². The molecule has 2 fully saturated rings. The Labute approximate surface area is 124 Å². The predicted molar refractivity (Wildman–Crippen MR) is 80.5 cm³/mol. The topological polar surface area (TPSA) is 55.4 Å². The first-order valence-corrected chi connectivity index (χ1v) is 8.75. The summed E-state index contributed by atoms with van der Waals surface area (Å²) in [6.07, 6.45) is 1.99. The summed E-state index contributed by atoms with van der Waals surface area (Å²) in [5.74, 6) is 0.342. The van der Waals surface area contributed by atoms with E-state index >= 15 is 0 Å². The summed E-state index contributed by atoms with van der Waals surface area (Å²) in [5.41, 5.74) is 0. The summed E-state index contributed by atoms with van der Waals surface area (Å²) >= 11 is 0. The maximum Gasteiger partial charge on any atom is 0.241 e. The van der Waals surface area contributed by atoms with Crippen molar-refractivity contribution in [2.24, 2.45) is 5.92 Å². The minimum Gasteiger partial charge on any atom is -0.378 e. The molecule has 1 aliphatic heterocycles. The third-order valence-electron chi connectivity index (χ3n) is 4.61. The molecule has 4 nitrogen and oxygen atoms in total. The Morgan fingerprint density at radius 1 is 1.10 bits per heavy atom. The molecule has 0 radical (unpaired) electrons. The van der Waals surface area contributed by atoms with E-state index in [-0.39, 0.29) is 12.1 Å². The molecule has 1 N–H and O–H groups in total. The molecule has 0 spiro atoms. The van der Waals surface area contributed by atoms with Gasteiger partial charge >= 0.3 is 0 Å². The lowest BCUT2D eigenvalue weighted by atomic mass is 9.77. The monoisotopic (exact) mass is 303 g/mol. The van der Waals surface area contributed by atoms with Crippen molar-refractivity contribution in [2.75, 3.05) is 6.61 Å². The molecule has 0 bridgehead atoms. The minimum absolute atomic E-state index is 0.0152. The summed E-state index contributed by atoms with van der Waals surface area (Å²) in [7, 11) is -3.49. The molecule has 2 aromatic rings. The van der Waals surface area contributed by atoms with Gasteiger partial charge < -0.3 is 4.74 Å². The fourth-order valence-corrected chi connectivity index (χ4v) is 4.96. The van der Waals surface area contributed by atoms with Crippen LogP contribution in [0.5, 0.6) is 0 Å². The highest BCUT2D eigenvalue weighted by atomic mass is 32.2. The van der Waals surface area contributed by atoms with Gasteiger partial charge in [0.2, 0.25) is 10.0 Å². The number of hydrogen-bond acceptors (Lipinski definition) is 3. The third kappa shape index (κ3) is 2.16. The van der Waals surface area contributed by atoms with Crippen LogP contribution in [0, 0.1) is 5.92 Å². The molecule has 3 atom stereocenters. The summed E-state index contributed by atoms with van der Waals surface area (Å²) in [5, 5.41) is 1.71. The van der Waals surface area contributed by atoms with Crippen molar-refractivity contribution < 1.29 is 13.2 Å². The van der Waals surface area contributed by atoms with Crippen LogP contribution in [-0.2, 0) is 14.8 Å². The SMILES string of the molecule is O=S(=O)(N[C@H]1C[C@@H]2OCC[C@H]12)c1cccc2ccccc12. The quantitative estimate of drug-likeness (QED) is 0.946. The summed E-state index contributed by atoms with van der Waals surface area (Å²) in [4.78, 5) is 0.364. The van der Waals surface area contributed by atoms with E-state index < -0.39 is 10.0 Å². The average molecular weight is 303 g/mol. The minimum atomic E-state index is -3.49. The number of ether oxygens (including phenoxy) is 1. The van der Waals surface area contributed by atoms with Crippen LogP contribution in [0.1, 0.15) is 12.8 Å². The van der Waals surface area contributed by atoms with Gasteiger partial charge in [-0.3, -0.25) is 0 Å². The Morgan fingerprint density at radius 2 is 1.90 bits per heavy atom. The van der Waals surface area contributed by atoms with Crippen LogP contribution in [0.2, 0.25) is 0 Å². The van der Waals surface area contributed by atoms with Gasteiger partial charge in [0.1, 0.15) is 0 Å². The number of sulfonamides is 1. The number of benzene rings is 2. The molecular weight excluding hydrogens is 286 g/mol. The zero-order valence-corrected chi connectivity index (χ0v) is 12.3. The molecule has 21 heavy (non-hydrogen) atoms. The number of rotatable bonds is 3. The third-order valence-corrected chi connectivity index (χ3v) is 6.16. The van der Waals surface area contributed by atoms with Crippen LogP contribution in [0.4, 0.5) is 0 Å². The molecule has 1 saturated heterocycles. The van der Waals surface area contributed by atoms with Gasteiger partial charge in [-0.1, -0.05) is 36.4 Å². The second-order valence-corrected chi connectivity index (χ2v) is 7.48. The first-order valence-electron chi connectivity index (χ1n) is 7.27. The second-order valence-electron chi connectivity index (χ2n) is 5.80. The molecule has 110 valence electrons. The molecule has 1 aliphatic carbocycles. The van der Waals surface area contributed by atoms with Gasteiger partial charge in [-0.05, 0) is 24.3 Å². The Hall–Kier alpha value is -1.43. The van der Waals surface area contributed by atoms with E-state index in [1.165, 1.54) is 0 Å². The van der Waals surface area contributed by atoms with E-state index in [0.717, 1.165) is 30.2 Å². The first-order chi connectivity index (χ1) is 10.1. The molecule has 0 unspecified atom stereocenters. The van der Waals surface area contributed by atoms with E-state index in [1.54, 1.807) is 12.1 Å². The molecule has 0 amide bonds. The number of hydrogen-bond donors (Lipinski definition) is 1. The standard InChI is InChI=1S/C16H17NO3S/c18-21(19,17-14-10-15-13(14)8-9-20-15)16-7-3-5-11-4-1-2-6-12(11)16/h1-7,13-15,17H,8-10H2/t13-,14+,15+/m1/s1. The van der Waals surface area contributed by atoms with Crippen molar-refractivity contribution in [3.05, 3.63) is 42.5 Å². The average Bonchev–Trinajstić information content (AvgIpc) is 2.85. The van der Waals surface area contributed by atoms with Crippen LogP contribution >= 0.6 is 0 Å². The normalized spacial score (nSPS) is 28.3.